The fraction of sp³-hybridized carbons (Fsp3) is 0.333. The van der Waals surface area contributed by atoms with Gasteiger partial charge in [0.1, 0.15) is 11.6 Å². The number of nitrogens with zero attached hydrogens (tertiary/aromatic N) is 2. The van der Waals surface area contributed by atoms with Gasteiger partial charge in [0.05, 0.1) is 24.8 Å². The minimum Gasteiger partial charge on any atom is -0.495 e. The van der Waals surface area contributed by atoms with Gasteiger partial charge in [0.15, 0.2) is 0 Å². The lowest BCUT2D eigenvalue weighted by molar-refractivity contribution is -0.130. The van der Waals surface area contributed by atoms with Crippen molar-refractivity contribution in [1.29, 1.82) is 0 Å². The number of carbonyl (C=O) groups is 2. The van der Waals surface area contributed by atoms with Crippen LogP contribution in [0.25, 0.3) is 6.08 Å². The Hall–Kier alpha value is -2.90. The molecule has 1 heterocycles. The van der Waals surface area contributed by atoms with E-state index in [4.69, 9.17) is 21.1 Å². The van der Waals surface area contributed by atoms with Gasteiger partial charge >= 0.3 is 5.97 Å². The number of carbonyl (C=O) groups excluding carboxylic acids is 2. The summed E-state index contributed by atoms with van der Waals surface area (Å²) in [5, 5.41) is 0.280. The molecular formula is C24H26ClFN2O4. The summed E-state index contributed by atoms with van der Waals surface area (Å²) in [7, 11) is 2.76. The number of rotatable bonds is 6. The van der Waals surface area contributed by atoms with Gasteiger partial charge in [-0.1, -0.05) is 23.7 Å². The Morgan fingerprint density at radius 2 is 1.91 bits per heavy atom. The molecule has 1 amide bonds. The van der Waals surface area contributed by atoms with E-state index < -0.39 is 5.97 Å². The average Bonchev–Trinajstić information content (AvgIpc) is 2.78. The normalized spacial score (nSPS) is 16.9. The third kappa shape index (κ3) is 5.66. The van der Waals surface area contributed by atoms with Crippen LogP contribution in [0.3, 0.4) is 0 Å². The van der Waals surface area contributed by atoms with Crippen LogP contribution in [-0.4, -0.2) is 61.6 Å². The van der Waals surface area contributed by atoms with E-state index in [1.165, 1.54) is 38.5 Å². The van der Waals surface area contributed by atoms with Crippen LogP contribution < -0.4 is 4.74 Å². The monoisotopic (exact) mass is 460 g/mol. The van der Waals surface area contributed by atoms with Gasteiger partial charge in [-0.2, -0.15) is 0 Å². The van der Waals surface area contributed by atoms with Gasteiger partial charge in [-0.15, -0.1) is 0 Å². The van der Waals surface area contributed by atoms with Crippen molar-refractivity contribution in [1.82, 2.24) is 9.80 Å². The minimum absolute atomic E-state index is 0.00109. The van der Waals surface area contributed by atoms with Gasteiger partial charge in [-0.25, -0.2) is 9.18 Å². The maximum atomic E-state index is 13.1. The molecule has 0 saturated carbocycles. The number of halogens is 2. The largest absolute Gasteiger partial charge is 0.495 e. The highest BCUT2D eigenvalue weighted by Gasteiger charge is 2.26. The zero-order chi connectivity index (χ0) is 23.3. The maximum absolute atomic E-state index is 13.1. The molecule has 1 atom stereocenters. The van der Waals surface area contributed by atoms with Crippen LogP contribution in [0.15, 0.2) is 42.5 Å². The fourth-order valence-electron chi connectivity index (χ4n) is 3.76. The van der Waals surface area contributed by atoms with Gasteiger partial charge in [0.2, 0.25) is 5.91 Å². The second-order valence-corrected chi connectivity index (χ2v) is 8.05. The summed E-state index contributed by atoms with van der Waals surface area (Å²) >= 11 is 6.13. The predicted molar refractivity (Wildman–Crippen MR) is 121 cm³/mol. The summed E-state index contributed by atoms with van der Waals surface area (Å²) in [5.74, 6) is -0.555. The van der Waals surface area contributed by atoms with E-state index in [0.717, 1.165) is 5.56 Å². The summed E-state index contributed by atoms with van der Waals surface area (Å²) < 4.78 is 23.2. The van der Waals surface area contributed by atoms with Crippen LogP contribution in [0.4, 0.5) is 4.39 Å². The van der Waals surface area contributed by atoms with E-state index in [-0.39, 0.29) is 28.4 Å². The SMILES string of the molecule is COC(=O)c1cc(Cl)c(OC)cc1C=CC(=O)N1CCN(Cc2ccc(F)cc2)C[C@H]1C. The molecule has 170 valence electrons. The highest BCUT2D eigenvalue weighted by atomic mass is 35.5. The Labute approximate surface area is 192 Å². The first kappa shape index (κ1) is 23.8. The molecule has 0 radical (unpaired) electrons. The van der Waals surface area contributed by atoms with Crippen LogP contribution in [0.2, 0.25) is 5.02 Å². The summed E-state index contributed by atoms with van der Waals surface area (Å²) in [5.41, 5.74) is 1.76. The van der Waals surface area contributed by atoms with Crippen LogP contribution in [0.1, 0.15) is 28.4 Å². The number of amides is 1. The van der Waals surface area contributed by atoms with Crippen molar-refractivity contribution in [2.24, 2.45) is 0 Å². The molecule has 0 bridgehead atoms. The van der Waals surface area contributed by atoms with E-state index in [1.807, 2.05) is 6.92 Å². The number of hydrogen-bond donors (Lipinski definition) is 0. The average molecular weight is 461 g/mol. The molecule has 1 fully saturated rings. The molecular weight excluding hydrogens is 435 g/mol. The highest BCUT2D eigenvalue weighted by molar-refractivity contribution is 6.32. The lowest BCUT2D eigenvalue weighted by Gasteiger charge is -2.39. The number of benzene rings is 2. The fourth-order valence-corrected chi connectivity index (χ4v) is 4.00. The van der Waals surface area contributed by atoms with Gasteiger partial charge < -0.3 is 14.4 Å². The number of esters is 1. The molecule has 2 aromatic carbocycles. The topological polar surface area (TPSA) is 59.1 Å². The molecule has 0 aliphatic carbocycles. The van der Waals surface area contributed by atoms with Crippen LogP contribution >= 0.6 is 11.6 Å². The Kier molecular flexibility index (Phi) is 7.88. The van der Waals surface area contributed by atoms with Crippen molar-refractivity contribution < 1.29 is 23.5 Å². The molecule has 3 rings (SSSR count). The molecule has 2 aromatic rings. The van der Waals surface area contributed by atoms with Crippen molar-refractivity contribution in [3.8, 4) is 5.75 Å². The smallest absolute Gasteiger partial charge is 0.338 e. The first-order valence-electron chi connectivity index (χ1n) is 10.2. The standard InChI is InChI=1S/C24H26ClFN2O4/c1-16-14-27(15-17-4-7-19(26)8-5-17)10-11-28(16)23(29)9-6-18-12-22(31-2)21(25)13-20(18)24(30)32-3/h4-9,12-13,16H,10-11,14-15H2,1-3H3/t16-/m1/s1. The van der Waals surface area contributed by atoms with Gasteiger partial charge in [0, 0.05) is 38.3 Å². The summed E-state index contributed by atoms with van der Waals surface area (Å²) in [6.07, 6.45) is 3.02. The van der Waals surface area contributed by atoms with Crippen molar-refractivity contribution in [2.75, 3.05) is 33.9 Å². The van der Waals surface area contributed by atoms with E-state index in [9.17, 15) is 14.0 Å². The van der Waals surface area contributed by atoms with Crippen LogP contribution in [-0.2, 0) is 16.1 Å². The lowest BCUT2D eigenvalue weighted by Crippen LogP contribution is -2.53. The summed E-state index contributed by atoms with van der Waals surface area (Å²) in [4.78, 5) is 29.0. The van der Waals surface area contributed by atoms with Gasteiger partial charge in [-0.3, -0.25) is 9.69 Å². The highest BCUT2D eigenvalue weighted by Crippen LogP contribution is 2.29. The quantitative estimate of drug-likeness (QED) is 0.481. The molecule has 1 aliphatic heterocycles. The third-order valence-corrected chi connectivity index (χ3v) is 5.74. The van der Waals surface area contributed by atoms with Crippen molar-refractivity contribution >= 4 is 29.6 Å². The molecule has 0 spiro atoms. The molecule has 0 unspecified atom stereocenters. The number of piperazine rings is 1. The van der Waals surface area contributed by atoms with E-state index >= 15 is 0 Å². The Balaban J connectivity index is 1.68. The Morgan fingerprint density at radius 1 is 1.19 bits per heavy atom. The van der Waals surface area contributed by atoms with Gasteiger partial charge in [-0.05, 0) is 48.4 Å². The number of hydrogen-bond acceptors (Lipinski definition) is 5. The second kappa shape index (κ2) is 10.6. The Morgan fingerprint density at radius 3 is 2.53 bits per heavy atom. The molecule has 6 nitrogen and oxygen atoms in total. The molecule has 8 heteroatoms. The van der Waals surface area contributed by atoms with Gasteiger partial charge in [0.25, 0.3) is 0 Å². The number of ether oxygens (including phenoxy) is 2. The van der Waals surface area contributed by atoms with Crippen LogP contribution in [0.5, 0.6) is 5.75 Å². The first-order valence-corrected chi connectivity index (χ1v) is 10.6. The van der Waals surface area contributed by atoms with Crippen molar-refractivity contribution in [2.45, 2.75) is 19.5 Å². The summed E-state index contributed by atoms with van der Waals surface area (Å²) in [6, 6.07) is 9.53. The Bertz CT molecular complexity index is 1010. The zero-order valence-corrected chi connectivity index (χ0v) is 19.1. The van der Waals surface area contributed by atoms with E-state index in [1.54, 1.807) is 29.2 Å². The molecule has 1 saturated heterocycles. The third-order valence-electron chi connectivity index (χ3n) is 5.45. The van der Waals surface area contributed by atoms with E-state index in [0.29, 0.717) is 37.5 Å². The molecule has 1 aliphatic rings. The molecule has 32 heavy (non-hydrogen) atoms. The van der Waals surface area contributed by atoms with Crippen LogP contribution in [0, 0.1) is 5.82 Å². The van der Waals surface area contributed by atoms with Crippen molar-refractivity contribution in [3.05, 3.63) is 70.0 Å². The maximum Gasteiger partial charge on any atom is 0.338 e. The molecule has 0 aromatic heterocycles. The molecule has 0 N–H and O–H groups in total. The number of methoxy groups -OCH3 is 2. The zero-order valence-electron chi connectivity index (χ0n) is 18.3. The second-order valence-electron chi connectivity index (χ2n) is 7.64. The van der Waals surface area contributed by atoms with Crippen molar-refractivity contribution in [3.63, 3.8) is 0 Å². The predicted octanol–water partition coefficient (Wildman–Crippen LogP) is 4.02. The minimum atomic E-state index is -0.551. The summed E-state index contributed by atoms with van der Waals surface area (Å²) in [6.45, 7) is 4.69. The first-order chi connectivity index (χ1) is 15.3. The van der Waals surface area contributed by atoms with E-state index in [2.05, 4.69) is 4.90 Å². The lowest BCUT2D eigenvalue weighted by atomic mass is 10.1.